The second kappa shape index (κ2) is 10.3. The highest BCUT2D eigenvalue weighted by molar-refractivity contribution is 7.99. The van der Waals surface area contributed by atoms with Crippen LogP contribution in [0.5, 0.6) is 5.75 Å². The first kappa shape index (κ1) is 22.5. The molecule has 1 atom stereocenters. The van der Waals surface area contributed by atoms with E-state index >= 15 is 0 Å². The van der Waals surface area contributed by atoms with Crippen LogP contribution in [0.4, 0.5) is 0 Å². The Hall–Kier alpha value is -3.30. The van der Waals surface area contributed by atoms with Crippen molar-refractivity contribution < 1.29 is 14.3 Å². The molecule has 4 aromatic rings. The van der Waals surface area contributed by atoms with Crippen molar-refractivity contribution in [3.05, 3.63) is 60.3 Å². The molecule has 3 heterocycles. The molecule has 34 heavy (non-hydrogen) atoms. The van der Waals surface area contributed by atoms with E-state index in [1.165, 1.54) is 11.8 Å². The largest absolute Gasteiger partial charge is 0.497 e. The van der Waals surface area contributed by atoms with Crippen molar-refractivity contribution in [1.82, 2.24) is 25.1 Å². The lowest BCUT2D eigenvalue weighted by Gasteiger charge is -2.14. The number of hydrogen-bond acceptors (Lipinski definition) is 6. The summed E-state index contributed by atoms with van der Waals surface area (Å²) in [5.74, 6) is 1.78. The van der Waals surface area contributed by atoms with Crippen molar-refractivity contribution in [1.29, 1.82) is 0 Å². The SMILES string of the molecule is COc1ccc(CNC(=O)CSc2nnc(-c3c[nH]c4ccccc34)n2CC2CCCO2)cc1. The minimum absolute atomic E-state index is 0.0545. The number of aromatic amines is 1. The van der Waals surface area contributed by atoms with Crippen molar-refractivity contribution in [2.45, 2.75) is 37.2 Å². The fourth-order valence-electron chi connectivity index (χ4n) is 4.13. The highest BCUT2D eigenvalue weighted by Crippen LogP contribution is 2.31. The molecule has 8 nitrogen and oxygen atoms in total. The molecule has 5 rings (SSSR count). The number of H-pyrrole nitrogens is 1. The topological polar surface area (TPSA) is 94.1 Å². The number of methoxy groups -OCH3 is 1. The molecule has 0 radical (unpaired) electrons. The van der Waals surface area contributed by atoms with Gasteiger partial charge in [0.1, 0.15) is 5.75 Å². The van der Waals surface area contributed by atoms with E-state index in [1.54, 1.807) is 7.11 Å². The summed E-state index contributed by atoms with van der Waals surface area (Å²) in [5.41, 5.74) is 3.07. The molecule has 2 aromatic heterocycles. The summed E-state index contributed by atoms with van der Waals surface area (Å²) >= 11 is 1.39. The Labute approximate surface area is 202 Å². The first-order valence-electron chi connectivity index (χ1n) is 11.3. The van der Waals surface area contributed by atoms with Gasteiger partial charge in [-0.15, -0.1) is 10.2 Å². The van der Waals surface area contributed by atoms with Gasteiger partial charge in [-0.3, -0.25) is 9.36 Å². The number of aromatic nitrogens is 4. The summed E-state index contributed by atoms with van der Waals surface area (Å²) in [5, 5.41) is 13.7. The standard InChI is InChI=1S/C25H27N5O3S/c1-32-18-10-8-17(9-11-18)13-27-23(31)16-34-25-29-28-24(30(25)15-19-5-4-12-33-19)21-14-26-22-7-3-2-6-20(21)22/h2-3,6-11,14,19,26H,4-5,12-13,15-16H2,1H3,(H,27,31). The zero-order valence-corrected chi connectivity index (χ0v) is 19.8. The molecule has 1 aliphatic heterocycles. The second-order valence-electron chi connectivity index (χ2n) is 8.21. The molecule has 0 bridgehead atoms. The van der Waals surface area contributed by atoms with E-state index in [0.717, 1.165) is 58.2 Å². The van der Waals surface area contributed by atoms with Gasteiger partial charge in [0.05, 0.1) is 25.5 Å². The Bertz CT molecular complexity index is 1260. The zero-order chi connectivity index (χ0) is 23.3. The van der Waals surface area contributed by atoms with Crippen LogP contribution < -0.4 is 10.1 Å². The molecule has 0 aliphatic carbocycles. The lowest BCUT2D eigenvalue weighted by Crippen LogP contribution is -2.25. The molecule has 9 heteroatoms. The Morgan fingerprint density at radius 2 is 2.09 bits per heavy atom. The average molecular weight is 478 g/mol. The molecule has 1 amide bonds. The van der Waals surface area contributed by atoms with Gasteiger partial charge in [-0.05, 0) is 36.6 Å². The second-order valence-corrected chi connectivity index (χ2v) is 9.16. The maximum absolute atomic E-state index is 12.5. The Kier molecular flexibility index (Phi) is 6.82. The number of hydrogen-bond donors (Lipinski definition) is 2. The lowest BCUT2D eigenvalue weighted by atomic mass is 10.1. The van der Waals surface area contributed by atoms with E-state index in [1.807, 2.05) is 48.7 Å². The molecule has 1 unspecified atom stereocenters. The number of carbonyl (C=O) groups excluding carboxylic acids is 1. The van der Waals surface area contributed by atoms with Crippen LogP contribution in [-0.2, 0) is 22.6 Å². The number of fused-ring (bicyclic) bond motifs is 1. The monoisotopic (exact) mass is 477 g/mol. The summed E-state index contributed by atoms with van der Waals surface area (Å²) in [7, 11) is 1.63. The predicted octanol–water partition coefficient (Wildman–Crippen LogP) is 4.02. The quantitative estimate of drug-likeness (QED) is 0.354. The summed E-state index contributed by atoms with van der Waals surface area (Å²) in [6.07, 6.45) is 4.17. The van der Waals surface area contributed by atoms with Gasteiger partial charge in [-0.25, -0.2) is 0 Å². The minimum atomic E-state index is -0.0545. The van der Waals surface area contributed by atoms with Gasteiger partial charge in [0, 0.05) is 35.8 Å². The summed E-state index contributed by atoms with van der Waals surface area (Å²) < 4.78 is 13.2. The maximum Gasteiger partial charge on any atom is 0.230 e. The zero-order valence-electron chi connectivity index (χ0n) is 19.0. The maximum atomic E-state index is 12.5. The smallest absolute Gasteiger partial charge is 0.230 e. The normalized spacial score (nSPS) is 15.6. The molecule has 0 saturated carbocycles. The van der Waals surface area contributed by atoms with Crippen LogP contribution in [-0.4, -0.2) is 51.2 Å². The highest BCUT2D eigenvalue weighted by atomic mass is 32.2. The van der Waals surface area contributed by atoms with Gasteiger partial charge in [-0.2, -0.15) is 0 Å². The highest BCUT2D eigenvalue weighted by Gasteiger charge is 2.23. The number of ether oxygens (including phenoxy) is 2. The summed E-state index contributed by atoms with van der Waals surface area (Å²) in [6, 6.07) is 15.8. The average Bonchev–Trinajstić information content (AvgIpc) is 3.62. The first-order valence-corrected chi connectivity index (χ1v) is 12.3. The van der Waals surface area contributed by atoms with Crippen LogP contribution in [0.1, 0.15) is 18.4 Å². The van der Waals surface area contributed by atoms with Crippen LogP contribution in [0, 0.1) is 0 Å². The number of nitrogens with one attached hydrogen (secondary N) is 2. The molecule has 176 valence electrons. The van der Waals surface area contributed by atoms with Crippen LogP contribution in [0.15, 0.2) is 59.9 Å². The Morgan fingerprint density at radius 3 is 2.88 bits per heavy atom. The van der Waals surface area contributed by atoms with Crippen LogP contribution in [0.2, 0.25) is 0 Å². The van der Waals surface area contributed by atoms with Crippen molar-refractivity contribution in [2.24, 2.45) is 0 Å². The van der Waals surface area contributed by atoms with Crippen LogP contribution in [0.25, 0.3) is 22.3 Å². The van der Waals surface area contributed by atoms with Crippen molar-refractivity contribution in [3.8, 4) is 17.1 Å². The number of para-hydroxylation sites is 1. The van der Waals surface area contributed by atoms with Crippen LogP contribution >= 0.6 is 11.8 Å². The third-order valence-electron chi connectivity index (χ3n) is 5.94. The predicted molar refractivity (Wildman–Crippen MR) is 132 cm³/mol. The fraction of sp³-hybridized carbons (Fsp3) is 0.320. The van der Waals surface area contributed by atoms with Crippen molar-refractivity contribution in [3.63, 3.8) is 0 Å². The molecule has 2 aromatic carbocycles. The van der Waals surface area contributed by atoms with E-state index in [9.17, 15) is 4.79 Å². The molecule has 1 aliphatic rings. The first-order chi connectivity index (χ1) is 16.7. The third-order valence-corrected chi connectivity index (χ3v) is 6.91. The molecule has 1 fully saturated rings. The van der Waals surface area contributed by atoms with Gasteiger partial charge < -0.3 is 19.8 Å². The fourth-order valence-corrected chi connectivity index (χ4v) is 4.91. The van der Waals surface area contributed by atoms with E-state index in [4.69, 9.17) is 9.47 Å². The number of rotatable bonds is 9. The number of nitrogens with zero attached hydrogens (tertiary/aromatic N) is 3. The molecule has 1 saturated heterocycles. The van der Waals surface area contributed by atoms with Crippen LogP contribution in [0.3, 0.4) is 0 Å². The van der Waals surface area contributed by atoms with E-state index in [-0.39, 0.29) is 17.8 Å². The van der Waals surface area contributed by atoms with Gasteiger partial charge in [0.2, 0.25) is 5.91 Å². The van der Waals surface area contributed by atoms with Gasteiger partial charge in [0.15, 0.2) is 11.0 Å². The summed E-state index contributed by atoms with van der Waals surface area (Å²) in [6.45, 7) is 1.91. The van der Waals surface area contributed by atoms with Crippen molar-refractivity contribution in [2.75, 3.05) is 19.5 Å². The van der Waals surface area contributed by atoms with Gasteiger partial charge >= 0.3 is 0 Å². The van der Waals surface area contributed by atoms with E-state index in [0.29, 0.717) is 13.1 Å². The van der Waals surface area contributed by atoms with E-state index < -0.39 is 0 Å². The Balaban J connectivity index is 1.30. The number of amides is 1. The molecule has 0 spiro atoms. The third kappa shape index (κ3) is 4.95. The Morgan fingerprint density at radius 1 is 1.24 bits per heavy atom. The molecular formula is C25H27N5O3S. The van der Waals surface area contributed by atoms with Crippen molar-refractivity contribution >= 4 is 28.6 Å². The number of benzene rings is 2. The lowest BCUT2D eigenvalue weighted by molar-refractivity contribution is -0.118. The van der Waals surface area contributed by atoms with E-state index in [2.05, 4.69) is 31.1 Å². The summed E-state index contributed by atoms with van der Waals surface area (Å²) in [4.78, 5) is 15.9. The molecular weight excluding hydrogens is 450 g/mol. The van der Waals surface area contributed by atoms with Gasteiger partial charge in [-0.1, -0.05) is 42.1 Å². The minimum Gasteiger partial charge on any atom is -0.497 e. The van der Waals surface area contributed by atoms with Gasteiger partial charge in [0.25, 0.3) is 0 Å². The number of thioether (sulfide) groups is 1. The molecule has 2 N–H and O–H groups in total. The number of carbonyl (C=O) groups is 1.